The molecule has 0 amide bonds. The molecule has 2 heterocycles. The summed E-state index contributed by atoms with van der Waals surface area (Å²) in [5.74, 6) is -0.424. The van der Waals surface area contributed by atoms with Gasteiger partial charge in [0.2, 0.25) is 0 Å². The second-order valence-corrected chi connectivity index (χ2v) is 6.27. The summed E-state index contributed by atoms with van der Waals surface area (Å²) in [6.07, 6.45) is 4.09. The third-order valence-electron chi connectivity index (χ3n) is 4.42. The van der Waals surface area contributed by atoms with E-state index in [0.717, 1.165) is 19.4 Å². The molecule has 0 bridgehead atoms. The Morgan fingerprint density at radius 1 is 1.52 bits per heavy atom. The summed E-state index contributed by atoms with van der Waals surface area (Å²) in [4.78, 5) is 12.2. The predicted molar refractivity (Wildman–Crippen MR) is 77.8 cm³/mol. The number of aliphatic hydroxyl groups is 1. The van der Waals surface area contributed by atoms with Gasteiger partial charge in [0.1, 0.15) is 12.0 Å². The van der Waals surface area contributed by atoms with Gasteiger partial charge in [0, 0.05) is 6.61 Å². The van der Waals surface area contributed by atoms with Crippen LogP contribution in [0.5, 0.6) is 0 Å². The molecule has 2 saturated heterocycles. The van der Waals surface area contributed by atoms with Gasteiger partial charge in [-0.25, -0.2) is 0 Å². The summed E-state index contributed by atoms with van der Waals surface area (Å²) in [6.45, 7) is 8.38. The lowest BCUT2D eigenvalue weighted by Crippen LogP contribution is -2.48. The highest BCUT2D eigenvalue weighted by Gasteiger charge is 2.41. The van der Waals surface area contributed by atoms with E-state index in [1.807, 2.05) is 6.92 Å². The number of ether oxygens (including phenoxy) is 3. The fourth-order valence-electron chi connectivity index (χ4n) is 2.66. The van der Waals surface area contributed by atoms with Crippen LogP contribution in [0.4, 0.5) is 0 Å². The van der Waals surface area contributed by atoms with Crippen molar-refractivity contribution >= 4 is 5.97 Å². The SMILES string of the molecule is C=CC(C)(O)CCC1OCC1C(=O)OC1CCCOC1C. The van der Waals surface area contributed by atoms with Crippen LogP contribution >= 0.6 is 0 Å². The van der Waals surface area contributed by atoms with Crippen molar-refractivity contribution in [3.8, 4) is 0 Å². The zero-order chi connectivity index (χ0) is 15.5. The molecule has 0 aromatic rings. The average molecular weight is 298 g/mol. The van der Waals surface area contributed by atoms with Crippen LogP contribution in [0, 0.1) is 5.92 Å². The van der Waals surface area contributed by atoms with Crippen LogP contribution in [0.3, 0.4) is 0 Å². The van der Waals surface area contributed by atoms with E-state index in [-0.39, 0.29) is 30.2 Å². The molecule has 5 atom stereocenters. The number of carbonyl (C=O) groups excluding carboxylic acids is 1. The minimum absolute atomic E-state index is 0.0383. The number of rotatable bonds is 6. The van der Waals surface area contributed by atoms with Crippen molar-refractivity contribution in [2.24, 2.45) is 5.92 Å². The Balaban J connectivity index is 1.78. The molecule has 1 N–H and O–H groups in total. The van der Waals surface area contributed by atoms with Crippen molar-refractivity contribution in [1.82, 2.24) is 0 Å². The van der Waals surface area contributed by atoms with Crippen LogP contribution in [0.1, 0.15) is 39.5 Å². The standard InChI is InChI=1S/C16H26O5/c1-4-16(3,18)8-7-14-12(10-20-14)15(17)21-13-6-5-9-19-11(13)2/h4,11-14,18H,1,5-10H2,2-3H3. The van der Waals surface area contributed by atoms with E-state index in [1.165, 1.54) is 6.08 Å². The van der Waals surface area contributed by atoms with Gasteiger partial charge in [0.25, 0.3) is 0 Å². The van der Waals surface area contributed by atoms with Crippen LogP contribution < -0.4 is 0 Å². The number of hydrogen-bond acceptors (Lipinski definition) is 5. The molecule has 21 heavy (non-hydrogen) atoms. The summed E-state index contributed by atoms with van der Waals surface area (Å²) < 4.78 is 16.5. The van der Waals surface area contributed by atoms with Gasteiger partial charge >= 0.3 is 5.97 Å². The molecule has 0 radical (unpaired) electrons. The lowest BCUT2D eigenvalue weighted by atomic mass is 9.89. The number of esters is 1. The van der Waals surface area contributed by atoms with Gasteiger partial charge in [0.05, 0.1) is 24.4 Å². The summed E-state index contributed by atoms with van der Waals surface area (Å²) in [6, 6.07) is 0. The van der Waals surface area contributed by atoms with Gasteiger partial charge in [-0.2, -0.15) is 0 Å². The van der Waals surface area contributed by atoms with Crippen LogP contribution in [-0.4, -0.2) is 48.2 Å². The first kappa shape index (κ1) is 16.5. The van der Waals surface area contributed by atoms with E-state index in [9.17, 15) is 9.90 Å². The molecule has 0 aromatic carbocycles. The quantitative estimate of drug-likeness (QED) is 0.598. The minimum Gasteiger partial charge on any atom is -0.459 e. The van der Waals surface area contributed by atoms with Crippen molar-refractivity contribution < 1.29 is 24.1 Å². The van der Waals surface area contributed by atoms with Crippen LogP contribution in [0.15, 0.2) is 12.7 Å². The first-order valence-electron chi connectivity index (χ1n) is 7.72. The normalized spacial score (nSPS) is 35.4. The third kappa shape index (κ3) is 4.28. The predicted octanol–water partition coefficient (Wildman–Crippen LogP) is 1.83. The monoisotopic (exact) mass is 298 g/mol. The molecule has 5 heteroatoms. The molecular formula is C16H26O5. The summed E-state index contributed by atoms with van der Waals surface area (Å²) >= 11 is 0. The fourth-order valence-corrected chi connectivity index (χ4v) is 2.66. The van der Waals surface area contributed by atoms with E-state index in [1.54, 1.807) is 6.92 Å². The molecule has 2 aliphatic rings. The molecule has 120 valence electrons. The highest BCUT2D eigenvalue weighted by Crippen LogP contribution is 2.30. The molecule has 0 aliphatic carbocycles. The molecule has 5 nitrogen and oxygen atoms in total. The van der Waals surface area contributed by atoms with Gasteiger partial charge < -0.3 is 19.3 Å². The second-order valence-electron chi connectivity index (χ2n) is 6.27. The summed E-state index contributed by atoms with van der Waals surface area (Å²) in [5, 5.41) is 9.91. The topological polar surface area (TPSA) is 65.0 Å². The van der Waals surface area contributed by atoms with E-state index in [4.69, 9.17) is 14.2 Å². The van der Waals surface area contributed by atoms with E-state index < -0.39 is 5.60 Å². The van der Waals surface area contributed by atoms with Crippen molar-refractivity contribution in [2.75, 3.05) is 13.2 Å². The first-order valence-corrected chi connectivity index (χ1v) is 7.72. The number of carbonyl (C=O) groups is 1. The highest BCUT2D eigenvalue weighted by atomic mass is 16.6. The van der Waals surface area contributed by atoms with Crippen molar-refractivity contribution in [3.05, 3.63) is 12.7 Å². The van der Waals surface area contributed by atoms with Gasteiger partial charge in [0.15, 0.2) is 0 Å². The Morgan fingerprint density at radius 2 is 2.29 bits per heavy atom. The Hall–Kier alpha value is -0.910. The summed E-state index contributed by atoms with van der Waals surface area (Å²) in [5.41, 5.74) is -0.918. The smallest absolute Gasteiger partial charge is 0.314 e. The Bertz CT molecular complexity index is 379. The van der Waals surface area contributed by atoms with Crippen molar-refractivity contribution in [2.45, 2.75) is 63.4 Å². The van der Waals surface area contributed by atoms with Crippen molar-refractivity contribution in [3.63, 3.8) is 0 Å². The first-order chi connectivity index (χ1) is 9.93. The maximum Gasteiger partial charge on any atom is 0.314 e. The maximum atomic E-state index is 12.2. The third-order valence-corrected chi connectivity index (χ3v) is 4.42. The number of hydrogen-bond donors (Lipinski definition) is 1. The van der Waals surface area contributed by atoms with Gasteiger partial charge in [-0.05, 0) is 39.5 Å². The molecule has 0 saturated carbocycles. The minimum atomic E-state index is -0.918. The van der Waals surface area contributed by atoms with Crippen LogP contribution in [0.2, 0.25) is 0 Å². The zero-order valence-electron chi connectivity index (χ0n) is 12.9. The Labute approximate surface area is 126 Å². The lowest BCUT2D eigenvalue weighted by Gasteiger charge is -2.38. The maximum absolute atomic E-state index is 12.2. The highest BCUT2D eigenvalue weighted by molar-refractivity contribution is 5.74. The van der Waals surface area contributed by atoms with Crippen LogP contribution in [-0.2, 0) is 19.0 Å². The van der Waals surface area contributed by atoms with Gasteiger partial charge in [-0.1, -0.05) is 6.08 Å². The molecule has 0 spiro atoms. The van der Waals surface area contributed by atoms with E-state index >= 15 is 0 Å². The van der Waals surface area contributed by atoms with Crippen molar-refractivity contribution in [1.29, 1.82) is 0 Å². The van der Waals surface area contributed by atoms with Crippen LogP contribution in [0.25, 0.3) is 0 Å². The largest absolute Gasteiger partial charge is 0.459 e. The fraction of sp³-hybridized carbons (Fsp3) is 0.812. The summed E-state index contributed by atoms with van der Waals surface area (Å²) in [7, 11) is 0. The van der Waals surface area contributed by atoms with Gasteiger partial charge in [-0.15, -0.1) is 6.58 Å². The van der Waals surface area contributed by atoms with E-state index in [2.05, 4.69) is 6.58 Å². The van der Waals surface area contributed by atoms with Gasteiger partial charge in [-0.3, -0.25) is 4.79 Å². The Morgan fingerprint density at radius 3 is 2.86 bits per heavy atom. The van der Waals surface area contributed by atoms with E-state index in [0.29, 0.717) is 19.4 Å². The molecule has 5 unspecified atom stereocenters. The molecular weight excluding hydrogens is 272 g/mol. The molecule has 2 rings (SSSR count). The lowest BCUT2D eigenvalue weighted by molar-refractivity contribution is -0.194. The molecule has 2 fully saturated rings. The second kappa shape index (κ2) is 6.90. The Kier molecular flexibility index (Phi) is 5.41. The molecule has 2 aliphatic heterocycles. The molecule has 0 aromatic heterocycles. The average Bonchev–Trinajstić information content (AvgIpc) is 2.40. The zero-order valence-corrected chi connectivity index (χ0v) is 12.9.